The van der Waals surface area contributed by atoms with Gasteiger partial charge in [-0.25, -0.2) is 0 Å². The molecule has 0 radical (unpaired) electrons. The number of likely N-dealkylation sites (tertiary alicyclic amines) is 1. The zero-order valence-electron chi connectivity index (χ0n) is 29.6. The van der Waals surface area contributed by atoms with Gasteiger partial charge in [-0.3, -0.25) is 4.90 Å². The number of thiophene rings is 1. The molecule has 0 bridgehead atoms. The van der Waals surface area contributed by atoms with Gasteiger partial charge in [-0.15, -0.1) is 0 Å². The Kier molecular flexibility index (Phi) is 3.64. The lowest BCUT2D eigenvalue weighted by atomic mass is 9.60. The van der Waals surface area contributed by atoms with Crippen molar-refractivity contribution in [3.05, 3.63) is 79.8 Å². The van der Waals surface area contributed by atoms with E-state index in [1.807, 2.05) is 11.3 Å². The Morgan fingerprint density at radius 1 is 0.648 bits per heavy atom. The van der Waals surface area contributed by atoms with Crippen LogP contribution in [0.5, 0.6) is 0 Å². The molecule has 3 atom stereocenters. The molecule has 12 aromatic carbocycles. The van der Waals surface area contributed by atoms with E-state index >= 15 is 0 Å². The minimum atomic E-state index is -0.00690. The molecule has 54 heavy (non-hydrogen) atoms. The van der Waals surface area contributed by atoms with Crippen molar-refractivity contribution in [2.75, 3.05) is 40.0 Å². The van der Waals surface area contributed by atoms with Crippen molar-refractivity contribution in [2.24, 2.45) is 5.92 Å². The van der Waals surface area contributed by atoms with E-state index in [0.717, 1.165) is 39.0 Å². The monoisotopic (exact) mass is 707 g/mol. The van der Waals surface area contributed by atoms with Crippen molar-refractivity contribution >= 4 is 141 Å². The number of nitrogens with zero attached hydrogens (tertiary/aromatic N) is 1. The average Bonchev–Trinajstić information content (AvgIpc) is 4.02. The molecule has 0 N–H and O–H groups in total. The summed E-state index contributed by atoms with van der Waals surface area (Å²) in [6.07, 6.45) is 3.36. The molecule has 5 aliphatic rings. The third kappa shape index (κ3) is 2.15. The SMILES string of the molecule is COCCOCCN1CC2C3=c4c5c6c7c(cc8cc9cc%10cc%11cc%12c%13c(c4c4c5c5c7c8c7c9c%10c8c%11c%13c4c8c75)=C(C3)C%12)CC62C1c1ccsc1. The Hall–Kier alpha value is -4.84. The second kappa shape index (κ2) is 7.54. The summed E-state index contributed by atoms with van der Waals surface area (Å²) in [5.74, 6) is 0.470. The maximum Gasteiger partial charge on any atom is 0.0700 e. The van der Waals surface area contributed by atoms with Crippen molar-refractivity contribution in [3.63, 3.8) is 0 Å². The third-order valence-corrected chi connectivity index (χ3v) is 17.4. The van der Waals surface area contributed by atoms with Crippen molar-refractivity contribution in [2.45, 2.75) is 30.7 Å². The quantitative estimate of drug-likeness (QED) is 0.122. The highest BCUT2D eigenvalue weighted by atomic mass is 32.1. The molecule has 2 heterocycles. The van der Waals surface area contributed by atoms with E-state index in [0.29, 0.717) is 25.2 Å². The first kappa shape index (κ1) is 26.0. The van der Waals surface area contributed by atoms with Gasteiger partial charge in [-0.1, -0.05) is 23.3 Å². The molecule has 0 saturated carbocycles. The van der Waals surface area contributed by atoms with Crippen LogP contribution < -0.4 is 10.4 Å². The third-order valence-electron chi connectivity index (χ3n) is 16.7. The number of hydrogen-bond acceptors (Lipinski definition) is 4. The summed E-state index contributed by atoms with van der Waals surface area (Å²) in [4.78, 5) is 2.87. The normalized spacial score (nSPS) is 23.7. The molecule has 252 valence electrons. The molecule has 13 aromatic rings. The van der Waals surface area contributed by atoms with E-state index in [1.54, 1.807) is 142 Å². The minimum Gasteiger partial charge on any atom is -0.382 e. The first-order valence-electron chi connectivity index (χ1n) is 20.1. The summed E-state index contributed by atoms with van der Waals surface area (Å²) in [5, 5.41) is 43.0. The van der Waals surface area contributed by atoms with Gasteiger partial charge in [0.1, 0.15) is 0 Å². The first-order chi connectivity index (χ1) is 26.8. The second-order valence-electron chi connectivity index (χ2n) is 18.3. The summed E-state index contributed by atoms with van der Waals surface area (Å²) in [7, 11) is 1.77. The Balaban J connectivity index is 1.13. The first-order valence-corrected chi connectivity index (χ1v) is 21.1. The van der Waals surface area contributed by atoms with Crippen molar-refractivity contribution < 1.29 is 9.47 Å². The largest absolute Gasteiger partial charge is 0.382 e. The van der Waals surface area contributed by atoms with E-state index in [1.165, 1.54) is 27.1 Å². The van der Waals surface area contributed by atoms with Gasteiger partial charge < -0.3 is 9.47 Å². The highest BCUT2D eigenvalue weighted by Crippen LogP contribution is 2.70. The van der Waals surface area contributed by atoms with Crippen LogP contribution >= 0.6 is 11.3 Å². The maximum absolute atomic E-state index is 6.25. The maximum atomic E-state index is 6.25. The van der Waals surface area contributed by atoms with Gasteiger partial charge in [0, 0.05) is 37.6 Å². The summed E-state index contributed by atoms with van der Waals surface area (Å²) in [6, 6.07) is 15.8. The molecule has 4 aliphatic carbocycles. The van der Waals surface area contributed by atoms with E-state index < -0.39 is 0 Å². The van der Waals surface area contributed by atoms with Crippen LogP contribution in [-0.2, 0) is 27.7 Å². The lowest BCUT2D eigenvalue weighted by molar-refractivity contribution is 0.0525. The van der Waals surface area contributed by atoms with Crippen LogP contribution in [0, 0.1) is 5.92 Å². The number of ether oxygens (including phenoxy) is 2. The fraction of sp³-hybridized carbons (Fsp3) is 0.240. The zero-order valence-corrected chi connectivity index (χ0v) is 30.4. The van der Waals surface area contributed by atoms with Gasteiger partial charge in [-0.05, 0) is 205 Å². The summed E-state index contributed by atoms with van der Waals surface area (Å²) >= 11 is 1.87. The van der Waals surface area contributed by atoms with Crippen LogP contribution in [0.4, 0.5) is 0 Å². The highest BCUT2D eigenvalue weighted by molar-refractivity contribution is 7.08. The predicted molar refractivity (Wildman–Crippen MR) is 224 cm³/mol. The molecule has 1 fully saturated rings. The summed E-state index contributed by atoms with van der Waals surface area (Å²) < 4.78 is 11.6. The molecule has 18 rings (SSSR count). The Morgan fingerprint density at radius 3 is 2.04 bits per heavy atom. The zero-order chi connectivity index (χ0) is 34.0. The molecule has 1 aromatic heterocycles. The molecule has 1 spiro atoms. The number of benzene rings is 8. The standard InChI is InChI=1S/C50H29NO2S/c1-52-5-6-53-4-3-51-16-27-26-14-24-12-21-10-22-9-19-8-20-11-23-13-25-15-50(27,49(51)18-2-7-54-17-18)48-34(25)39-33(23)38-29(20)28(19)36-32(22)37-30(21)31(24)40-35(26)47(48)46-44(39)42(38)41(36)43(37)45(40)46/h2,7-11,13,17,27,49H,3-6,12,14-16H2,1H3. The van der Waals surface area contributed by atoms with E-state index in [9.17, 15) is 0 Å². The van der Waals surface area contributed by atoms with Gasteiger partial charge >= 0.3 is 0 Å². The predicted octanol–water partition coefficient (Wildman–Crippen LogP) is 9.78. The minimum absolute atomic E-state index is 0.00690. The number of hydrogen-bond donors (Lipinski definition) is 0. The van der Waals surface area contributed by atoms with Gasteiger partial charge in [0.2, 0.25) is 0 Å². The molecular formula is C50H29NO2S. The highest BCUT2D eigenvalue weighted by Gasteiger charge is 2.62. The van der Waals surface area contributed by atoms with Gasteiger partial charge in [0.15, 0.2) is 0 Å². The second-order valence-corrected chi connectivity index (χ2v) is 19.1. The molecule has 1 aliphatic heterocycles. The van der Waals surface area contributed by atoms with Crippen LogP contribution in [0.3, 0.4) is 0 Å². The van der Waals surface area contributed by atoms with Crippen LogP contribution in [-0.4, -0.2) is 44.9 Å². The fourth-order valence-corrected chi connectivity index (χ4v) is 16.3. The number of fused-ring (bicyclic) bond motifs is 1. The summed E-state index contributed by atoms with van der Waals surface area (Å²) in [5.41, 5.74) is 9.92. The van der Waals surface area contributed by atoms with Gasteiger partial charge in [0.05, 0.1) is 19.8 Å². The van der Waals surface area contributed by atoms with E-state index in [-0.39, 0.29) is 5.41 Å². The lowest BCUT2D eigenvalue weighted by Gasteiger charge is -2.43. The van der Waals surface area contributed by atoms with Crippen molar-refractivity contribution in [1.82, 2.24) is 4.90 Å². The molecule has 4 heteroatoms. The lowest BCUT2D eigenvalue weighted by Crippen LogP contribution is -2.43. The number of rotatable bonds is 7. The van der Waals surface area contributed by atoms with Crippen LogP contribution in [0.15, 0.2) is 47.2 Å². The molecule has 0 amide bonds. The van der Waals surface area contributed by atoms with Gasteiger partial charge in [0.25, 0.3) is 0 Å². The number of methoxy groups -OCH3 is 1. The van der Waals surface area contributed by atoms with Crippen molar-refractivity contribution in [1.29, 1.82) is 0 Å². The Bertz CT molecular complexity index is 3990. The molecule has 3 unspecified atom stereocenters. The van der Waals surface area contributed by atoms with Gasteiger partial charge in [-0.2, -0.15) is 11.3 Å². The van der Waals surface area contributed by atoms with Crippen molar-refractivity contribution in [3.8, 4) is 0 Å². The average molecular weight is 708 g/mol. The van der Waals surface area contributed by atoms with Crippen LogP contribution in [0.25, 0.3) is 130 Å². The summed E-state index contributed by atoms with van der Waals surface area (Å²) in [6.45, 7) is 4.08. The Morgan fingerprint density at radius 2 is 1.30 bits per heavy atom. The van der Waals surface area contributed by atoms with Crippen LogP contribution in [0.2, 0.25) is 0 Å². The van der Waals surface area contributed by atoms with E-state index in [4.69, 9.17) is 9.47 Å². The topological polar surface area (TPSA) is 21.7 Å². The smallest absolute Gasteiger partial charge is 0.0700 e. The fourth-order valence-electron chi connectivity index (χ4n) is 15.7. The van der Waals surface area contributed by atoms with Crippen LogP contribution in [0.1, 0.15) is 34.7 Å². The van der Waals surface area contributed by atoms with E-state index in [2.05, 4.69) is 52.1 Å². The Labute approximate surface area is 310 Å². The molecule has 3 nitrogen and oxygen atoms in total. The molecular weight excluding hydrogens is 679 g/mol. The molecule has 1 saturated heterocycles.